The molecule has 0 radical (unpaired) electrons. The predicted molar refractivity (Wildman–Crippen MR) is 68.6 cm³/mol. The van der Waals surface area contributed by atoms with Crippen LogP contribution in [-0.2, 0) is 14.4 Å². The van der Waals surface area contributed by atoms with E-state index < -0.39 is 6.04 Å². The second-order valence-electron chi connectivity index (χ2n) is 4.65. The van der Waals surface area contributed by atoms with Crippen molar-refractivity contribution in [3.8, 4) is 0 Å². The summed E-state index contributed by atoms with van der Waals surface area (Å²) in [7, 11) is 0. The van der Waals surface area contributed by atoms with E-state index in [2.05, 4.69) is 10.6 Å². The summed E-state index contributed by atoms with van der Waals surface area (Å²) in [6.45, 7) is -0.0117. The molecule has 0 bridgehead atoms. The van der Waals surface area contributed by atoms with Gasteiger partial charge in [-0.2, -0.15) is 0 Å². The number of para-hydroxylation sites is 2. The van der Waals surface area contributed by atoms with E-state index in [0.717, 1.165) is 0 Å². The van der Waals surface area contributed by atoms with E-state index in [1.807, 2.05) is 6.07 Å². The Hall–Kier alpha value is -2.37. The van der Waals surface area contributed by atoms with E-state index in [9.17, 15) is 14.4 Å². The van der Waals surface area contributed by atoms with Crippen molar-refractivity contribution in [2.45, 2.75) is 18.9 Å². The van der Waals surface area contributed by atoms with Gasteiger partial charge in [-0.1, -0.05) is 12.1 Å². The minimum atomic E-state index is -0.522. The molecule has 1 aromatic carbocycles. The van der Waals surface area contributed by atoms with E-state index in [0.29, 0.717) is 24.2 Å². The SMILES string of the molecule is O=C1CN(C(=O)C2CCC(=O)N2)c2ccccc2N1. The fourth-order valence-electron chi connectivity index (χ4n) is 2.42. The lowest BCUT2D eigenvalue weighted by molar-refractivity contribution is -0.125. The summed E-state index contributed by atoms with van der Waals surface area (Å²) in [5.41, 5.74) is 1.30. The van der Waals surface area contributed by atoms with E-state index in [1.165, 1.54) is 4.90 Å². The Kier molecular flexibility index (Phi) is 2.70. The van der Waals surface area contributed by atoms with Crippen molar-refractivity contribution >= 4 is 29.1 Å². The Balaban J connectivity index is 1.90. The second kappa shape index (κ2) is 4.38. The lowest BCUT2D eigenvalue weighted by Crippen LogP contribution is -2.49. The number of fused-ring (bicyclic) bond motifs is 1. The number of nitrogens with one attached hydrogen (secondary N) is 2. The highest BCUT2D eigenvalue weighted by Gasteiger charge is 2.34. The molecule has 1 unspecified atom stereocenters. The average molecular weight is 259 g/mol. The normalized spacial score (nSPS) is 21.7. The molecular formula is C13H13N3O3. The first-order valence-corrected chi connectivity index (χ1v) is 6.15. The van der Waals surface area contributed by atoms with Crippen LogP contribution >= 0.6 is 0 Å². The Morgan fingerprint density at radius 1 is 1.21 bits per heavy atom. The lowest BCUT2D eigenvalue weighted by Gasteiger charge is -2.30. The van der Waals surface area contributed by atoms with Gasteiger partial charge in [0.25, 0.3) is 0 Å². The van der Waals surface area contributed by atoms with Crippen LogP contribution in [0.4, 0.5) is 11.4 Å². The van der Waals surface area contributed by atoms with Gasteiger partial charge in [-0.05, 0) is 18.6 Å². The lowest BCUT2D eigenvalue weighted by atomic mass is 10.1. The van der Waals surface area contributed by atoms with Gasteiger partial charge >= 0.3 is 0 Å². The smallest absolute Gasteiger partial charge is 0.250 e. The number of nitrogens with zero attached hydrogens (tertiary/aromatic N) is 1. The topological polar surface area (TPSA) is 78.5 Å². The first-order chi connectivity index (χ1) is 9.15. The number of carbonyl (C=O) groups is 3. The molecule has 2 N–H and O–H groups in total. The van der Waals surface area contributed by atoms with Crippen LogP contribution in [0.3, 0.4) is 0 Å². The third-order valence-electron chi connectivity index (χ3n) is 3.33. The number of hydrogen-bond acceptors (Lipinski definition) is 3. The van der Waals surface area contributed by atoms with Gasteiger partial charge in [0.2, 0.25) is 17.7 Å². The zero-order valence-corrected chi connectivity index (χ0v) is 10.2. The third kappa shape index (κ3) is 2.05. The Morgan fingerprint density at radius 2 is 2.00 bits per heavy atom. The quantitative estimate of drug-likeness (QED) is 0.759. The highest BCUT2D eigenvalue weighted by molar-refractivity contribution is 6.12. The minimum absolute atomic E-state index is 0.0117. The van der Waals surface area contributed by atoms with Crippen LogP contribution in [-0.4, -0.2) is 30.3 Å². The molecule has 0 saturated carbocycles. The van der Waals surface area contributed by atoms with Gasteiger partial charge in [-0.25, -0.2) is 0 Å². The number of rotatable bonds is 1. The van der Waals surface area contributed by atoms with Crippen molar-refractivity contribution in [2.24, 2.45) is 0 Å². The van der Waals surface area contributed by atoms with Crippen LogP contribution in [0, 0.1) is 0 Å². The number of benzene rings is 1. The van der Waals surface area contributed by atoms with Crippen molar-refractivity contribution in [3.63, 3.8) is 0 Å². The van der Waals surface area contributed by atoms with Crippen LogP contribution in [0.2, 0.25) is 0 Å². The molecule has 1 atom stereocenters. The Morgan fingerprint density at radius 3 is 2.74 bits per heavy atom. The largest absolute Gasteiger partial charge is 0.344 e. The maximum Gasteiger partial charge on any atom is 0.250 e. The highest BCUT2D eigenvalue weighted by Crippen LogP contribution is 2.29. The molecule has 2 aliphatic rings. The van der Waals surface area contributed by atoms with Gasteiger partial charge in [0.05, 0.1) is 11.4 Å². The summed E-state index contributed by atoms with van der Waals surface area (Å²) >= 11 is 0. The first kappa shape index (κ1) is 11.7. The fraction of sp³-hybridized carbons (Fsp3) is 0.308. The molecule has 1 saturated heterocycles. The molecule has 2 heterocycles. The van der Waals surface area contributed by atoms with Crippen molar-refractivity contribution in [1.82, 2.24) is 5.32 Å². The Labute approximate surface area is 109 Å². The molecule has 2 aliphatic heterocycles. The molecule has 1 fully saturated rings. The molecule has 98 valence electrons. The number of amides is 3. The van der Waals surface area contributed by atoms with Gasteiger partial charge in [0.15, 0.2) is 0 Å². The summed E-state index contributed by atoms with van der Waals surface area (Å²) in [4.78, 5) is 36.6. The summed E-state index contributed by atoms with van der Waals surface area (Å²) in [5, 5.41) is 5.36. The number of carbonyl (C=O) groups excluding carboxylic acids is 3. The Bertz CT molecular complexity index is 570. The maximum atomic E-state index is 12.4. The van der Waals surface area contributed by atoms with Crippen LogP contribution in [0.25, 0.3) is 0 Å². The van der Waals surface area contributed by atoms with Crippen molar-refractivity contribution < 1.29 is 14.4 Å². The molecule has 6 heteroatoms. The van der Waals surface area contributed by atoms with Crippen molar-refractivity contribution in [3.05, 3.63) is 24.3 Å². The van der Waals surface area contributed by atoms with Gasteiger partial charge in [0.1, 0.15) is 12.6 Å². The molecular weight excluding hydrogens is 246 g/mol. The van der Waals surface area contributed by atoms with Crippen LogP contribution in [0.5, 0.6) is 0 Å². The standard InChI is InChI=1S/C13H13N3O3/c17-11-6-5-9(15-11)13(19)16-7-12(18)14-8-3-1-2-4-10(8)16/h1-4,9H,5-7H2,(H,14,18)(H,15,17). The summed E-state index contributed by atoms with van der Waals surface area (Å²) in [6.07, 6.45) is 0.843. The molecule has 19 heavy (non-hydrogen) atoms. The fourth-order valence-corrected chi connectivity index (χ4v) is 2.42. The third-order valence-corrected chi connectivity index (χ3v) is 3.33. The molecule has 3 rings (SSSR count). The van der Waals surface area contributed by atoms with Crippen molar-refractivity contribution in [2.75, 3.05) is 16.8 Å². The van der Waals surface area contributed by atoms with Gasteiger partial charge in [-0.3, -0.25) is 19.3 Å². The predicted octanol–water partition coefficient (Wildman–Crippen LogP) is 0.250. The number of anilines is 2. The zero-order chi connectivity index (χ0) is 13.4. The van der Waals surface area contributed by atoms with Crippen LogP contribution in [0.15, 0.2) is 24.3 Å². The average Bonchev–Trinajstić information content (AvgIpc) is 2.83. The van der Waals surface area contributed by atoms with Gasteiger partial charge in [0, 0.05) is 6.42 Å². The summed E-state index contributed by atoms with van der Waals surface area (Å²) in [6, 6.07) is 6.61. The van der Waals surface area contributed by atoms with Gasteiger partial charge in [-0.15, -0.1) is 0 Å². The molecule has 0 spiro atoms. The molecule has 0 aliphatic carbocycles. The van der Waals surface area contributed by atoms with E-state index in [-0.39, 0.29) is 24.3 Å². The van der Waals surface area contributed by atoms with E-state index in [1.54, 1.807) is 18.2 Å². The molecule has 3 amide bonds. The second-order valence-corrected chi connectivity index (χ2v) is 4.65. The zero-order valence-electron chi connectivity index (χ0n) is 10.2. The first-order valence-electron chi connectivity index (χ1n) is 6.15. The molecule has 0 aromatic heterocycles. The van der Waals surface area contributed by atoms with Crippen LogP contribution < -0.4 is 15.5 Å². The van der Waals surface area contributed by atoms with Crippen LogP contribution in [0.1, 0.15) is 12.8 Å². The summed E-state index contributed by atoms with van der Waals surface area (Å²) < 4.78 is 0. The molecule has 1 aromatic rings. The van der Waals surface area contributed by atoms with Crippen molar-refractivity contribution in [1.29, 1.82) is 0 Å². The van der Waals surface area contributed by atoms with E-state index >= 15 is 0 Å². The highest BCUT2D eigenvalue weighted by atomic mass is 16.2. The van der Waals surface area contributed by atoms with E-state index in [4.69, 9.17) is 0 Å². The van der Waals surface area contributed by atoms with Gasteiger partial charge < -0.3 is 10.6 Å². The maximum absolute atomic E-state index is 12.4. The number of hydrogen-bond donors (Lipinski definition) is 2. The monoisotopic (exact) mass is 259 g/mol. The minimum Gasteiger partial charge on any atom is -0.344 e. The summed E-state index contributed by atoms with van der Waals surface area (Å²) in [5.74, 6) is -0.572. The molecule has 6 nitrogen and oxygen atoms in total.